The molecular weight excluding hydrogens is 284 g/mol. The van der Waals surface area contributed by atoms with Crippen LogP contribution < -0.4 is 5.73 Å². The van der Waals surface area contributed by atoms with Gasteiger partial charge in [-0.25, -0.2) is 8.42 Å². The Kier molecular flexibility index (Phi) is 4.62. The third-order valence-corrected chi connectivity index (χ3v) is 7.09. The minimum atomic E-state index is -3.52. The van der Waals surface area contributed by atoms with Gasteiger partial charge in [-0.15, -0.1) is 11.3 Å². The predicted molar refractivity (Wildman–Crippen MR) is 75.4 cm³/mol. The average molecular weight is 304 g/mol. The minimum Gasteiger partial charge on any atom is -0.391 e. The maximum atomic E-state index is 12.5. The number of likely N-dealkylation sites (N-methyl/N-ethyl adjacent to an activating group) is 1. The van der Waals surface area contributed by atoms with Gasteiger partial charge in [0.1, 0.15) is 4.21 Å². The Morgan fingerprint density at radius 1 is 1.42 bits per heavy atom. The van der Waals surface area contributed by atoms with Crippen LogP contribution in [0.2, 0.25) is 0 Å². The Balaban J connectivity index is 2.23. The van der Waals surface area contributed by atoms with E-state index in [4.69, 9.17) is 5.73 Å². The van der Waals surface area contributed by atoms with Crippen molar-refractivity contribution in [2.75, 3.05) is 7.05 Å². The fourth-order valence-corrected chi connectivity index (χ4v) is 5.28. The molecule has 1 aliphatic rings. The molecule has 7 heteroatoms. The average Bonchev–Trinajstić information content (AvgIpc) is 2.88. The van der Waals surface area contributed by atoms with E-state index in [2.05, 4.69) is 0 Å². The number of hydrogen-bond acceptors (Lipinski definition) is 5. The molecule has 0 aromatic carbocycles. The Labute approximate surface area is 118 Å². The first-order valence-corrected chi connectivity index (χ1v) is 8.67. The summed E-state index contributed by atoms with van der Waals surface area (Å²) >= 11 is 1.20. The molecule has 1 heterocycles. The lowest BCUT2D eigenvalue weighted by Crippen LogP contribution is -2.45. The van der Waals surface area contributed by atoms with E-state index in [1.807, 2.05) is 0 Å². The van der Waals surface area contributed by atoms with Crippen molar-refractivity contribution in [2.45, 2.75) is 48.6 Å². The van der Waals surface area contributed by atoms with Gasteiger partial charge in [0, 0.05) is 18.5 Å². The van der Waals surface area contributed by atoms with Gasteiger partial charge in [-0.1, -0.05) is 12.8 Å². The SMILES string of the molecule is CN(C1CCCCC1O)S(=O)(=O)c1ccc(CN)s1. The highest BCUT2D eigenvalue weighted by Crippen LogP contribution is 2.29. The Bertz CT molecular complexity index is 527. The van der Waals surface area contributed by atoms with E-state index in [-0.39, 0.29) is 6.04 Å². The summed E-state index contributed by atoms with van der Waals surface area (Å²) in [6, 6.07) is 3.01. The summed E-state index contributed by atoms with van der Waals surface area (Å²) in [7, 11) is -1.97. The van der Waals surface area contributed by atoms with Crippen LogP contribution in [0.5, 0.6) is 0 Å². The number of sulfonamides is 1. The minimum absolute atomic E-state index is 0.299. The molecule has 2 rings (SSSR count). The van der Waals surface area contributed by atoms with Crippen LogP contribution in [0, 0.1) is 0 Å². The Morgan fingerprint density at radius 3 is 2.68 bits per heavy atom. The van der Waals surface area contributed by atoms with Crippen LogP contribution >= 0.6 is 11.3 Å². The number of nitrogens with zero attached hydrogens (tertiary/aromatic N) is 1. The van der Waals surface area contributed by atoms with Gasteiger partial charge in [0.25, 0.3) is 10.0 Å². The number of aliphatic hydroxyl groups excluding tert-OH is 1. The molecule has 0 aliphatic heterocycles. The maximum Gasteiger partial charge on any atom is 0.252 e. The normalized spacial score (nSPS) is 24.8. The van der Waals surface area contributed by atoms with Crippen molar-refractivity contribution in [2.24, 2.45) is 5.73 Å². The second kappa shape index (κ2) is 5.88. The van der Waals surface area contributed by atoms with Crippen molar-refractivity contribution in [3.05, 3.63) is 17.0 Å². The lowest BCUT2D eigenvalue weighted by molar-refractivity contribution is 0.0638. The summed E-state index contributed by atoms with van der Waals surface area (Å²) in [5.74, 6) is 0. The van der Waals surface area contributed by atoms with Crippen LogP contribution in [-0.2, 0) is 16.6 Å². The number of thiophene rings is 1. The summed E-state index contributed by atoms with van der Waals surface area (Å²) in [6.45, 7) is 0.343. The molecule has 108 valence electrons. The van der Waals surface area contributed by atoms with Crippen molar-refractivity contribution >= 4 is 21.4 Å². The second-order valence-corrected chi connectivity index (χ2v) is 8.26. The maximum absolute atomic E-state index is 12.5. The first kappa shape index (κ1) is 14.9. The highest BCUT2D eigenvalue weighted by molar-refractivity contribution is 7.91. The molecule has 1 aliphatic carbocycles. The van der Waals surface area contributed by atoms with Crippen molar-refractivity contribution in [1.82, 2.24) is 4.31 Å². The topological polar surface area (TPSA) is 83.6 Å². The molecule has 5 nitrogen and oxygen atoms in total. The van der Waals surface area contributed by atoms with Crippen molar-refractivity contribution in [1.29, 1.82) is 0 Å². The summed E-state index contributed by atoms with van der Waals surface area (Å²) in [6.07, 6.45) is 2.74. The molecule has 1 aromatic heterocycles. The van der Waals surface area contributed by atoms with Crippen molar-refractivity contribution in [3.8, 4) is 0 Å². The highest BCUT2D eigenvalue weighted by atomic mass is 32.2. The monoisotopic (exact) mass is 304 g/mol. The number of nitrogens with two attached hydrogens (primary N) is 1. The lowest BCUT2D eigenvalue weighted by atomic mass is 9.93. The van der Waals surface area contributed by atoms with Crippen LogP contribution in [0.3, 0.4) is 0 Å². The van der Waals surface area contributed by atoms with Crippen molar-refractivity contribution < 1.29 is 13.5 Å². The first-order chi connectivity index (χ1) is 8.96. The molecule has 0 amide bonds. The molecule has 1 saturated carbocycles. The van der Waals surface area contributed by atoms with Gasteiger partial charge in [0.15, 0.2) is 0 Å². The van der Waals surface area contributed by atoms with Gasteiger partial charge in [-0.05, 0) is 25.0 Å². The van der Waals surface area contributed by atoms with E-state index in [0.717, 1.165) is 17.7 Å². The van der Waals surface area contributed by atoms with Gasteiger partial charge in [0.05, 0.1) is 12.1 Å². The fourth-order valence-electron chi connectivity index (χ4n) is 2.44. The molecule has 0 radical (unpaired) electrons. The van der Waals surface area contributed by atoms with Crippen LogP contribution in [0.15, 0.2) is 16.3 Å². The van der Waals surface area contributed by atoms with E-state index in [1.165, 1.54) is 15.6 Å². The number of rotatable bonds is 4. The third kappa shape index (κ3) is 3.00. The summed E-state index contributed by atoms with van der Waals surface area (Å²) < 4.78 is 26.6. The van der Waals surface area contributed by atoms with Gasteiger partial charge in [-0.2, -0.15) is 4.31 Å². The molecule has 2 atom stereocenters. The summed E-state index contributed by atoms with van der Waals surface area (Å²) in [4.78, 5) is 0.844. The zero-order valence-electron chi connectivity index (χ0n) is 10.9. The van der Waals surface area contributed by atoms with E-state index in [9.17, 15) is 13.5 Å². The van der Waals surface area contributed by atoms with Gasteiger partial charge in [0.2, 0.25) is 0 Å². The zero-order chi connectivity index (χ0) is 14.0. The quantitative estimate of drug-likeness (QED) is 0.873. The Hall–Kier alpha value is -0.470. The first-order valence-electron chi connectivity index (χ1n) is 6.41. The van der Waals surface area contributed by atoms with E-state index >= 15 is 0 Å². The fraction of sp³-hybridized carbons (Fsp3) is 0.667. The molecule has 1 aromatic rings. The molecular formula is C12H20N2O3S2. The van der Waals surface area contributed by atoms with E-state index in [0.29, 0.717) is 23.6 Å². The molecule has 0 saturated heterocycles. The molecule has 0 spiro atoms. The largest absolute Gasteiger partial charge is 0.391 e. The second-order valence-electron chi connectivity index (χ2n) is 4.87. The van der Waals surface area contributed by atoms with Crippen LogP contribution in [0.1, 0.15) is 30.6 Å². The van der Waals surface area contributed by atoms with Gasteiger partial charge < -0.3 is 10.8 Å². The molecule has 3 N–H and O–H groups in total. The highest BCUT2D eigenvalue weighted by Gasteiger charge is 2.34. The smallest absolute Gasteiger partial charge is 0.252 e. The van der Waals surface area contributed by atoms with Crippen LogP contribution in [-0.4, -0.2) is 37.0 Å². The number of aliphatic hydroxyl groups is 1. The Morgan fingerprint density at radius 2 is 2.11 bits per heavy atom. The summed E-state index contributed by atoms with van der Waals surface area (Å²) in [5, 5.41) is 9.98. The molecule has 0 bridgehead atoms. The van der Waals surface area contributed by atoms with Gasteiger partial charge >= 0.3 is 0 Å². The standard InChI is InChI=1S/C12H20N2O3S2/c1-14(10-4-2-3-5-11(10)15)19(16,17)12-7-6-9(8-13)18-12/h6-7,10-11,15H,2-5,8,13H2,1H3. The predicted octanol–water partition coefficient (Wildman–Crippen LogP) is 1.13. The van der Waals surface area contributed by atoms with Crippen LogP contribution in [0.25, 0.3) is 0 Å². The molecule has 19 heavy (non-hydrogen) atoms. The zero-order valence-corrected chi connectivity index (χ0v) is 12.6. The van der Waals surface area contributed by atoms with Gasteiger partial charge in [-0.3, -0.25) is 0 Å². The molecule has 2 unspecified atom stereocenters. The van der Waals surface area contributed by atoms with E-state index < -0.39 is 16.1 Å². The summed E-state index contributed by atoms with van der Waals surface area (Å²) in [5.41, 5.74) is 5.51. The lowest BCUT2D eigenvalue weighted by Gasteiger charge is -2.34. The van der Waals surface area contributed by atoms with Crippen molar-refractivity contribution in [3.63, 3.8) is 0 Å². The number of hydrogen-bond donors (Lipinski definition) is 2. The third-order valence-electron chi connectivity index (χ3n) is 3.63. The van der Waals surface area contributed by atoms with E-state index in [1.54, 1.807) is 19.2 Å². The molecule has 1 fully saturated rings. The van der Waals surface area contributed by atoms with Crippen LogP contribution in [0.4, 0.5) is 0 Å².